The lowest BCUT2D eigenvalue weighted by atomic mass is 10.1. The zero-order chi connectivity index (χ0) is 12.8. The van der Waals surface area contributed by atoms with Crippen molar-refractivity contribution in [3.05, 3.63) is 31.9 Å². The molecule has 1 aromatic carbocycles. The largest absolute Gasteiger partial charge is 0.396 e. The lowest BCUT2D eigenvalue weighted by Crippen LogP contribution is -2.13. The van der Waals surface area contributed by atoms with Crippen molar-refractivity contribution in [2.24, 2.45) is 5.92 Å². The molecule has 0 saturated carbocycles. The van der Waals surface area contributed by atoms with Crippen molar-refractivity contribution in [2.45, 2.75) is 13.3 Å². The van der Waals surface area contributed by atoms with Gasteiger partial charge >= 0.3 is 0 Å². The molecule has 6 heteroatoms. The van der Waals surface area contributed by atoms with Crippen LogP contribution in [0.15, 0.2) is 18.2 Å². The van der Waals surface area contributed by atoms with Crippen LogP contribution in [0.5, 0.6) is 0 Å². The second kappa shape index (κ2) is 6.75. The highest BCUT2D eigenvalue weighted by Crippen LogP contribution is 2.23. The zero-order valence-electron chi connectivity index (χ0n) is 9.52. The summed E-state index contributed by atoms with van der Waals surface area (Å²) in [6.45, 7) is 2.97. The summed E-state index contributed by atoms with van der Waals surface area (Å²) in [5.41, 5.74) is 0.990. The zero-order valence-corrected chi connectivity index (χ0v) is 11.7. The molecule has 94 valence electrons. The average Bonchev–Trinajstić information content (AvgIpc) is 2.27. The molecule has 0 aliphatic rings. The van der Waals surface area contributed by atoms with Gasteiger partial charge in [0.25, 0.3) is 5.69 Å². The highest BCUT2D eigenvalue weighted by atomic mass is 127. The Morgan fingerprint density at radius 1 is 1.59 bits per heavy atom. The number of anilines is 1. The first-order chi connectivity index (χ1) is 8.04. The molecule has 1 unspecified atom stereocenters. The fraction of sp³-hybridized carbons (Fsp3) is 0.455. The summed E-state index contributed by atoms with van der Waals surface area (Å²) in [6.07, 6.45) is 0.747. The van der Waals surface area contributed by atoms with Crippen LogP contribution in [-0.2, 0) is 0 Å². The molecule has 17 heavy (non-hydrogen) atoms. The predicted octanol–water partition coefficient (Wildman–Crippen LogP) is 2.63. The molecular weight excluding hydrogens is 335 g/mol. The molecule has 0 fully saturated rings. The Morgan fingerprint density at radius 3 is 2.82 bits per heavy atom. The minimum atomic E-state index is -0.402. The van der Waals surface area contributed by atoms with E-state index in [2.05, 4.69) is 27.9 Å². The van der Waals surface area contributed by atoms with E-state index in [4.69, 9.17) is 5.11 Å². The maximum absolute atomic E-state index is 10.6. The third-order valence-electron chi connectivity index (χ3n) is 2.43. The van der Waals surface area contributed by atoms with Gasteiger partial charge in [-0.15, -0.1) is 0 Å². The number of nitrogens with zero attached hydrogens (tertiary/aromatic N) is 1. The van der Waals surface area contributed by atoms with Crippen molar-refractivity contribution in [1.29, 1.82) is 0 Å². The molecule has 0 aliphatic carbocycles. The van der Waals surface area contributed by atoms with E-state index < -0.39 is 4.92 Å². The number of rotatable bonds is 6. The molecule has 1 atom stereocenters. The van der Waals surface area contributed by atoms with E-state index in [1.54, 1.807) is 12.1 Å². The van der Waals surface area contributed by atoms with Crippen LogP contribution in [0.25, 0.3) is 0 Å². The number of aliphatic hydroxyl groups excluding tert-OH is 1. The molecule has 1 aromatic rings. The number of hydrogen-bond donors (Lipinski definition) is 2. The minimum absolute atomic E-state index is 0.100. The molecule has 1 rings (SSSR count). The van der Waals surface area contributed by atoms with E-state index in [-0.39, 0.29) is 12.3 Å². The third-order valence-corrected chi connectivity index (χ3v) is 3.32. The first-order valence-electron chi connectivity index (χ1n) is 5.33. The normalized spacial score (nSPS) is 12.2. The first kappa shape index (κ1) is 14.2. The Morgan fingerprint density at radius 2 is 2.29 bits per heavy atom. The molecule has 0 aliphatic heterocycles. The maximum Gasteiger partial charge on any atom is 0.270 e. The van der Waals surface area contributed by atoms with Crippen LogP contribution in [0.2, 0.25) is 0 Å². The molecular formula is C11H15IN2O3. The second-order valence-electron chi connectivity index (χ2n) is 3.92. The summed E-state index contributed by atoms with van der Waals surface area (Å²) in [5.74, 6) is 0.367. The maximum atomic E-state index is 10.6. The minimum Gasteiger partial charge on any atom is -0.396 e. The summed E-state index contributed by atoms with van der Waals surface area (Å²) < 4.78 is 0.827. The molecule has 0 spiro atoms. The van der Waals surface area contributed by atoms with Crippen LogP contribution < -0.4 is 5.32 Å². The van der Waals surface area contributed by atoms with Crippen LogP contribution >= 0.6 is 22.6 Å². The lowest BCUT2D eigenvalue weighted by Gasteiger charge is -2.13. The fourth-order valence-corrected chi connectivity index (χ4v) is 2.06. The van der Waals surface area contributed by atoms with Crippen LogP contribution in [0, 0.1) is 19.6 Å². The van der Waals surface area contributed by atoms with E-state index in [9.17, 15) is 10.1 Å². The summed E-state index contributed by atoms with van der Waals surface area (Å²) in [4.78, 5) is 10.2. The van der Waals surface area contributed by atoms with Gasteiger partial charge in [-0.05, 0) is 41.0 Å². The SMILES string of the molecule is CC(CCO)CNc1ccc([N+](=O)[O-])cc1I. The molecule has 0 heterocycles. The second-order valence-corrected chi connectivity index (χ2v) is 5.08. The van der Waals surface area contributed by atoms with E-state index in [1.807, 2.05) is 6.92 Å². The molecule has 0 saturated heterocycles. The van der Waals surface area contributed by atoms with Crippen LogP contribution in [0.4, 0.5) is 11.4 Å². The number of hydrogen-bond acceptors (Lipinski definition) is 4. The lowest BCUT2D eigenvalue weighted by molar-refractivity contribution is -0.384. The summed E-state index contributed by atoms with van der Waals surface area (Å²) >= 11 is 2.07. The Balaban J connectivity index is 2.63. The number of aliphatic hydroxyl groups is 1. The Labute approximate surface area is 114 Å². The monoisotopic (exact) mass is 350 g/mol. The van der Waals surface area contributed by atoms with Gasteiger partial charge in [-0.2, -0.15) is 0 Å². The van der Waals surface area contributed by atoms with Gasteiger partial charge in [0.15, 0.2) is 0 Å². The highest BCUT2D eigenvalue weighted by molar-refractivity contribution is 14.1. The van der Waals surface area contributed by atoms with Gasteiger partial charge in [-0.25, -0.2) is 0 Å². The van der Waals surface area contributed by atoms with Crippen molar-refractivity contribution in [1.82, 2.24) is 0 Å². The van der Waals surface area contributed by atoms with Gasteiger partial charge in [-0.3, -0.25) is 10.1 Å². The number of nitro groups is 1. The number of benzene rings is 1. The summed E-state index contributed by atoms with van der Waals surface area (Å²) in [7, 11) is 0. The molecule has 0 aromatic heterocycles. The van der Waals surface area contributed by atoms with E-state index in [0.717, 1.165) is 22.2 Å². The molecule has 5 nitrogen and oxygen atoms in total. The van der Waals surface area contributed by atoms with Crippen molar-refractivity contribution in [3.63, 3.8) is 0 Å². The Kier molecular flexibility index (Phi) is 5.63. The molecule has 0 amide bonds. The van der Waals surface area contributed by atoms with Crippen molar-refractivity contribution >= 4 is 34.0 Å². The topological polar surface area (TPSA) is 75.4 Å². The van der Waals surface area contributed by atoms with E-state index in [0.29, 0.717) is 5.92 Å². The predicted molar refractivity (Wildman–Crippen MR) is 75.2 cm³/mol. The quantitative estimate of drug-likeness (QED) is 0.470. The van der Waals surface area contributed by atoms with Gasteiger partial charge in [-0.1, -0.05) is 6.92 Å². The first-order valence-corrected chi connectivity index (χ1v) is 6.41. The van der Waals surface area contributed by atoms with E-state index >= 15 is 0 Å². The highest BCUT2D eigenvalue weighted by Gasteiger charge is 2.09. The van der Waals surface area contributed by atoms with Crippen LogP contribution in [0.3, 0.4) is 0 Å². The average molecular weight is 350 g/mol. The van der Waals surface area contributed by atoms with Gasteiger partial charge < -0.3 is 10.4 Å². The number of nitrogens with one attached hydrogen (secondary N) is 1. The smallest absolute Gasteiger partial charge is 0.270 e. The van der Waals surface area contributed by atoms with Crippen LogP contribution in [0.1, 0.15) is 13.3 Å². The summed E-state index contributed by atoms with van der Waals surface area (Å²) in [5, 5.41) is 22.6. The third kappa shape index (κ3) is 4.47. The van der Waals surface area contributed by atoms with Crippen molar-refractivity contribution in [3.8, 4) is 0 Å². The van der Waals surface area contributed by atoms with Gasteiger partial charge in [0.05, 0.1) is 4.92 Å². The standard InChI is InChI=1S/C11H15IN2O3/c1-8(4-5-15)7-13-11-3-2-9(14(16)17)6-10(11)12/h2-3,6,8,13,15H,4-5,7H2,1H3. The molecule has 2 N–H and O–H groups in total. The van der Waals surface area contributed by atoms with Crippen LogP contribution in [-0.4, -0.2) is 23.2 Å². The number of halogens is 1. The Bertz CT molecular complexity index is 398. The van der Waals surface area contributed by atoms with Gasteiger partial charge in [0.1, 0.15) is 0 Å². The Hall–Kier alpha value is -0.890. The molecule has 0 bridgehead atoms. The molecule has 0 radical (unpaired) electrons. The summed E-state index contributed by atoms with van der Waals surface area (Å²) in [6, 6.07) is 4.74. The van der Waals surface area contributed by atoms with Gasteiger partial charge in [0.2, 0.25) is 0 Å². The number of non-ortho nitro benzene ring substituents is 1. The van der Waals surface area contributed by atoms with Gasteiger partial charge in [0, 0.05) is 34.5 Å². The van der Waals surface area contributed by atoms with Crippen molar-refractivity contribution in [2.75, 3.05) is 18.5 Å². The van der Waals surface area contributed by atoms with E-state index in [1.165, 1.54) is 6.07 Å². The number of nitro benzene ring substituents is 1. The van der Waals surface area contributed by atoms with Crippen molar-refractivity contribution < 1.29 is 10.0 Å². The fourth-order valence-electron chi connectivity index (χ4n) is 1.37.